The molecule has 0 fully saturated rings. The molecule has 0 amide bonds. The van der Waals surface area contributed by atoms with Gasteiger partial charge in [-0.1, -0.05) is 94.6 Å². The Morgan fingerprint density at radius 3 is 1.48 bits per heavy atom. The third kappa shape index (κ3) is 19.0. The van der Waals surface area contributed by atoms with E-state index in [2.05, 4.69) is 43.9 Å². The Morgan fingerprint density at radius 1 is 0.571 bits per heavy atom. The van der Waals surface area contributed by atoms with Gasteiger partial charge in [-0.05, 0) is 38.5 Å². The molecule has 0 aromatic carbocycles. The van der Waals surface area contributed by atoms with Crippen molar-refractivity contribution < 1.29 is 0 Å². The molecule has 0 aliphatic rings. The van der Waals surface area contributed by atoms with E-state index in [1.54, 1.807) is 0 Å². The first-order valence-electron chi connectivity index (χ1n) is 9.01. The van der Waals surface area contributed by atoms with Gasteiger partial charge in [-0.3, -0.25) is 0 Å². The van der Waals surface area contributed by atoms with Crippen LogP contribution in [0.5, 0.6) is 0 Å². The maximum Gasteiger partial charge on any atom is -0.0348 e. The minimum absolute atomic E-state index is 1.21. The molecule has 0 aliphatic heterocycles. The molecule has 0 aromatic rings. The largest absolute Gasteiger partial charge is 0.0991 e. The van der Waals surface area contributed by atoms with E-state index in [1.165, 1.54) is 77.0 Å². The van der Waals surface area contributed by atoms with Crippen molar-refractivity contribution in [3.05, 3.63) is 49.1 Å². The quantitative estimate of drug-likeness (QED) is 0.216. The van der Waals surface area contributed by atoms with Gasteiger partial charge < -0.3 is 0 Å². The van der Waals surface area contributed by atoms with Gasteiger partial charge in [0.25, 0.3) is 0 Å². The van der Waals surface area contributed by atoms with E-state index in [0.717, 1.165) is 0 Å². The van der Waals surface area contributed by atoms with Gasteiger partial charge in [-0.15, -0.1) is 0 Å². The molecule has 0 saturated carbocycles. The zero-order valence-electron chi connectivity index (χ0n) is 14.2. The maximum atomic E-state index is 3.68. The highest BCUT2D eigenvalue weighted by atomic mass is 14.0. The molecular formula is C21H36. The lowest BCUT2D eigenvalue weighted by Crippen LogP contribution is -1.79. The number of rotatable bonds is 15. The Bertz CT molecular complexity index is 280. The molecule has 0 atom stereocenters. The molecule has 0 aromatic heterocycles. The molecule has 0 bridgehead atoms. The van der Waals surface area contributed by atoms with E-state index < -0.39 is 0 Å². The highest BCUT2D eigenvalue weighted by molar-refractivity contribution is 5.02. The lowest BCUT2D eigenvalue weighted by atomic mass is 10.1. The second kappa shape index (κ2) is 19.0. The van der Waals surface area contributed by atoms with Crippen molar-refractivity contribution in [2.75, 3.05) is 0 Å². The third-order valence-corrected chi connectivity index (χ3v) is 3.62. The molecule has 120 valence electrons. The van der Waals surface area contributed by atoms with E-state index in [9.17, 15) is 0 Å². The van der Waals surface area contributed by atoms with Crippen LogP contribution in [-0.4, -0.2) is 0 Å². The lowest BCUT2D eigenvalue weighted by Gasteiger charge is -1.99. The minimum atomic E-state index is 1.21. The van der Waals surface area contributed by atoms with Crippen molar-refractivity contribution >= 4 is 0 Å². The smallest absolute Gasteiger partial charge is 0.0348 e. The monoisotopic (exact) mass is 288 g/mol. The summed E-state index contributed by atoms with van der Waals surface area (Å²) in [7, 11) is 0. The summed E-state index contributed by atoms with van der Waals surface area (Å²) in [5, 5.41) is 0. The Labute approximate surface area is 133 Å². The van der Waals surface area contributed by atoms with Crippen LogP contribution in [0.25, 0.3) is 0 Å². The topological polar surface area (TPSA) is 0 Å². The van der Waals surface area contributed by atoms with Crippen molar-refractivity contribution in [2.45, 2.75) is 84.0 Å². The first kappa shape index (κ1) is 20.0. The fourth-order valence-electron chi connectivity index (χ4n) is 2.29. The first-order valence-corrected chi connectivity index (χ1v) is 9.01. The average molecular weight is 289 g/mol. The number of allylic oxidation sites excluding steroid dienone is 7. The fourth-order valence-corrected chi connectivity index (χ4v) is 2.29. The zero-order valence-corrected chi connectivity index (χ0v) is 14.2. The normalized spacial score (nSPS) is 12.0. The molecule has 0 saturated heterocycles. The van der Waals surface area contributed by atoms with Gasteiger partial charge in [0.2, 0.25) is 0 Å². The lowest BCUT2D eigenvalue weighted by molar-refractivity contribution is 0.600. The predicted molar refractivity (Wildman–Crippen MR) is 98.7 cm³/mol. The van der Waals surface area contributed by atoms with Crippen LogP contribution in [0.4, 0.5) is 0 Å². The van der Waals surface area contributed by atoms with E-state index in [4.69, 9.17) is 0 Å². The third-order valence-electron chi connectivity index (χ3n) is 3.62. The zero-order chi connectivity index (χ0) is 15.4. The summed E-state index contributed by atoms with van der Waals surface area (Å²) in [4.78, 5) is 0. The minimum Gasteiger partial charge on any atom is -0.0991 e. The second-order valence-electron chi connectivity index (χ2n) is 5.71. The van der Waals surface area contributed by atoms with Crippen LogP contribution in [0, 0.1) is 0 Å². The standard InChI is InChI=1S/C21H36/c1-3-5-7-9-11-13-15-17-19-21-20-18-16-14-12-10-8-6-4-2/h3,5,7,12,14,16,18H,1,4,6,8-11,13,15,17,19-21H2,2H3/b7-5?,14-12-,18-16+. The van der Waals surface area contributed by atoms with E-state index in [1.807, 2.05) is 12.2 Å². The Morgan fingerprint density at radius 2 is 1.00 bits per heavy atom. The van der Waals surface area contributed by atoms with Crippen molar-refractivity contribution in [1.82, 2.24) is 0 Å². The first-order chi connectivity index (χ1) is 10.4. The number of hydrogen-bond donors (Lipinski definition) is 0. The maximum absolute atomic E-state index is 3.68. The predicted octanol–water partition coefficient (Wildman–Crippen LogP) is 7.54. The van der Waals surface area contributed by atoms with Crippen LogP contribution in [0.2, 0.25) is 0 Å². The van der Waals surface area contributed by atoms with Crippen molar-refractivity contribution in [3.8, 4) is 0 Å². The molecule has 0 aliphatic carbocycles. The SMILES string of the molecule is C=CC=CCCCCCCCC/C=C/C=C\CCCCC. The number of unbranched alkanes of at least 4 members (excludes halogenated alkanes) is 10. The van der Waals surface area contributed by atoms with Crippen molar-refractivity contribution in [1.29, 1.82) is 0 Å². The van der Waals surface area contributed by atoms with Gasteiger partial charge in [0.1, 0.15) is 0 Å². The summed E-state index contributed by atoms with van der Waals surface area (Å²) < 4.78 is 0. The summed E-state index contributed by atoms with van der Waals surface area (Å²) in [5.41, 5.74) is 0. The van der Waals surface area contributed by atoms with Crippen LogP contribution >= 0.6 is 0 Å². The second-order valence-corrected chi connectivity index (χ2v) is 5.71. The van der Waals surface area contributed by atoms with Gasteiger partial charge in [-0.2, -0.15) is 0 Å². The van der Waals surface area contributed by atoms with Crippen LogP contribution in [0.3, 0.4) is 0 Å². The van der Waals surface area contributed by atoms with Crippen LogP contribution in [0.15, 0.2) is 49.1 Å². The molecular weight excluding hydrogens is 252 g/mol. The summed E-state index contributed by atoms with van der Waals surface area (Å²) in [6.07, 6.45) is 31.1. The molecule has 0 radical (unpaired) electrons. The van der Waals surface area contributed by atoms with E-state index in [-0.39, 0.29) is 0 Å². The molecule has 0 unspecified atom stereocenters. The summed E-state index contributed by atoms with van der Waals surface area (Å²) >= 11 is 0. The van der Waals surface area contributed by atoms with E-state index in [0.29, 0.717) is 0 Å². The number of hydrogen-bond acceptors (Lipinski definition) is 0. The van der Waals surface area contributed by atoms with Gasteiger partial charge in [0.05, 0.1) is 0 Å². The summed E-state index contributed by atoms with van der Waals surface area (Å²) in [6.45, 7) is 5.93. The molecule has 0 nitrogen and oxygen atoms in total. The van der Waals surface area contributed by atoms with Crippen LogP contribution in [0.1, 0.15) is 84.0 Å². The van der Waals surface area contributed by atoms with Gasteiger partial charge >= 0.3 is 0 Å². The summed E-state index contributed by atoms with van der Waals surface area (Å²) in [5.74, 6) is 0. The Balaban J connectivity index is 3.17. The highest BCUT2D eigenvalue weighted by Gasteiger charge is 1.89. The highest BCUT2D eigenvalue weighted by Crippen LogP contribution is 2.09. The van der Waals surface area contributed by atoms with Gasteiger partial charge in [0, 0.05) is 0 Å². The van der Waals surface area contributed by atoms with Crippen LogP contribution in [-0.2, 0) is 0 Å². The van der Waals surface area contributed by atoms with Gasteiger partial charge in [-0.25, -0.2) is 0 Å². The van der Waals surface area contributed by atoms with Crippen molar-refractivity contribution in [3.63, 3.8) is 0 Å². The average Bonchev–Trinajstić information content (AvgIpc) is 2.50. The molecule has 0 rings (SSSR count). The Kier molecular flexibility index (Phi) is 18.0. The fraction of sp³-hybridized carbons (Fsp3) is 0.619. The Hall–Kier alpha value is -1.04. The molecule has 0 spiro atoms. The molecule has 21 heavy (non-hydrogen) atoms. The molecule has 0 heterocycles. The van der Waals surface area contributed by atoms with Crippen molar-refractivity contribution in [2.24, 2.45) is 0 Å². The summed E-state index contributed by atoms with van der Waals surface area (Å²) in [6, 6.07) is 0. The van der Waals surface area contributed by atoms with Gasteiger partial charge in [0.15, 0.2) is 0 Å². The molecule has 0 N–H and O–H groups in total. The van der Waals surface area contributed by atoms with E-state index >= 15 is 0 Å². The van der Waals surface area contributed by atoms with Crippen LogP contribution < -0.4 is 0 Å². The molecule has 0 heteroatoms.